The van der Waals surface area contributed by atoms with Crippen molar-refractivity contribution < 1.29 is 13.2 Å². The Kier molecular flexibility index (Phi) is 7.77. The van der Waals surface area contributed by atoms with Crippen molar-refractivity contribution in [2.45, 2.75) is 32.6 Å². The van der Waals surface area contributed by atoms with Crippen LogP contribution in [-0.2, 0) is 10.0 Å². The van der Waals surface area contributed by atoms with Crippen molar-refractivity contribution in [3.63, 3.8) is 0 Å². The lowest BCUT2D eigenvalue weighted by Crippen LogP contribution is -2.35. The van der Waals surface area contributed by atoms with Crippen molar-refractivity contribution in [3.05, 3.63) is 52.5 Å². The first kappa shape index (κ1) is 24.5. The summed E-state index contributed by atoms with van der Waals surface area (Å²) in [4.78, 5) is 20.0. The van der Waals surface area contributed by atoms with Gasteiger partial charge in [0.15, 0.2) is 0 Å². The average molecular weight is 549 g/mol. The van der Waals surface area contributed by atoms with Crippen molar-refractivity contribution >= 4 is 54.9 Å². The summed E-state index contributed by atoms with van der Waals surface area (Å²) in [5, 5.41) is 6.22. The molecule has 3 aliphatic heterocycles. The van der Waals surface area contributed by atoms with Gasteiger partial charge < -0.3 is 15.5 Å². The lowest BCUT2D eigenvalue weighted by Gasteiger charge is -2.34. The number of carbonyl (C=O) groups is 1. The van der Waals surface area contributed by atoms with Crippen LogP contribution in [0.1, 0.15) is 43.0 Å². The van der Waals surface area contributed by atoms with Gasteiger partial charge in [0.1, 0.15) is 11.6 Å². The van der Waals surface area contributed by atoms with Gasteiger partial charge in [-0.2, -0.15) is 0 Å². The highest BCUT2D eigenvalue weighted by Gasteiger charge is 2.24. The van der Waals surface area contributed by atoms with E-state index in [1.54, 1.807) is 31.2 Å². The van der Waals surface area contributed by atoms with Crippen molar-refractivity contribution in [2.24, 2.45) is 5.92 Å². The van der Waals surface area contributed by atoms with Crippen LogP contribution >= 0.6 is 15.9 Å². The maximum atomic E-state index is 13.3. The molecular weight excluding hydrogens is 518 g/mol. The fraction of sp³-hybridized carbons (Fsp3) is 0.417. The fourth-order valence-electron chi connectivity index (χ4n) is 4.21. The smallest absolute Gasteiger partial charge is 0.258 e. The topological polar surface area (TPSA) is 103 Å². The largest absolute Gasteiger partial charge is 0.371 e. The Morgan fingerprint density at radius 3 is 2.74 bits per heavy atom. The number of nitrogens with one attached hydrogen (secondary N) is 3. The quantitative estimate of drug-likeness (QED) is 0.475. The molecule has 10 heteroatoms. The van der Waals surface area contributed by atoms with Crippen LogP contribution in [-0.4, -0.2) is 44.7 Å². The molecule has 2 aromatic rings. The molecular formula is C24H30BrN5O3S. The molecule has 0 unspecified atom stereocenters. The molecule has 4 heterocycles. The lowest BCUT2D eigenvalue weighted by molar-refractivity contribution is 0.102. The van der Waals surface area contributed by atoms with E-state index in [1.807, 2.05) is 6.07 Å². The van der Waals surface area contributed by atoms with Crippen LogP contribution in [0.15, 0.2) is 47.0 Å². The standard InChI is InChI=1S/C24H30BrN5O3S/c1-2-34(32,33)29-18-7-8-19-21(16-18)30-14-11-17(12-15-30)6-4-3-5-13-26-23-20(25)9-10-22(27-23)28-24(19)31/h3-4,7-10,16-17,29H,2,5-6,11-15H2,1H3,(H2,26,27,28,31)/b4-3+. The Morgan fingerprint density at radius 2 is 1.97 bits per heavy atom. The Bertz CT molecular complexity index is 1180. The number of amides is 1. The summed E-state index contributed by atoms with van der Waals surface area (Å²) in [6.45, 7) is 3.96. The van der Waals surface area contributed by atoms with E-state index >= 15 is 0 Å². The van der Waals surface area contributed by atoms with Gasteiger partial charge in [-0.15, -0.1) is 0 Å². The van der Waals surface area contributed by atoms with Crippen LogP contribution in [0.25, 0.3) is 0 Å². The van der Waals surface area contributed by atoms with E-state index in [0.29, 0.717) is 28.8 Å². The van der Waals surface area contributed by atoms with Crippen molar-refractivity contribution in [1.29, 1.82) is 0 Å². The zero-order valence-electron chi connectivity index (χ0n) is 19.2. The number of hydrogen-bond donors (Lipinski definition) is 3. The number of benzene rings is 1. The number of nitrogens with zero attached hydrogens (tertiary/aromatic N) is 2. The van der Waals surface area contributed by atoms with Gasteiger partial charge in [-0.05, 0) is 84.8 Å². The molecule has 3 aliphatic rings. The molecule has 5 rings (SSSR count). The number of allylic oxidation sites excluding steroid dienone is 1. The first-order valence-electron chi connectivity index (χ1n) is 11.6. The van der Waals surface area contributed by atoms with Gasteiger partial charge in [-0.25, -0.2) is 13.4 Å². The maximum absolute atomic E-state index is 13.3. The summed E-state index contributed by atoms with van der Waals surface area (Å²) in [7, 11) is -3.42. The molecule has 8 nitrogen and oxygen atoms in total. The lowest BCUT2D eigenvalue weighted by atomic mass is 9.92. The molecule has 182 valence electrons. The SMILES string of the molecule is CCS(=O)(=O)Nc1ccc2c(c1)N1CCC(C/C=C/CCNc3nc(ccc3Br)NC2=O)CC1. The van der Waals surface area contributed by atoms with E-state index in [0.717, 1.165) is 55.5 Å². The number of aromatic nitrogens is 1. The molecule has 4 bridgehead atoms. The second-order valence-electron chi connectivity index (χ2n) is 8.57. The number of hydrogen-bond acceptors (Lipinski definition) is 6. The minimum atomic E-state index is -3.42. The van der Waals surface area contributed by atoms with Crippen LogP contribution in [0.2, 0.25) is 0 Å². The molecule has 0 radical (unpaired) electrons. The predicted molar refractivity (Wildman–Crippen MR) is 141 cm³/mol. The van der Waals surface area contributed by atoms with Crippen molar-refractivity contribution in [2.75, 3.05) is 45.6 Å². The molecule has 3 N–H and O–H groups in total. The third kappa shape index (κ3) is 6.09. The highest BCUT2D eigenvalue weighted by molar-refractivity contribution is 9.10. The minimum absolute atomic E-state index is 0.0188. The van der Waals surface area contributed by atoms with E-state index < -0.39 is 10.0 Å². The normalized spacial score (nSPS) is 18.4. The number of fused-ring (bicyclic) bond motifs is 7. The highest BCUT2D eigenvalue weighted by atomic mass is 79.9. The second-order valence-corrected chi connectivity index (χ2v) is 11.4. The molecule has 0 spiro atoms. The number of rotatable bonds is 3. The van der Waals surface area contributed by atoms with Crippen LogP contribution in [0.4, 0.5) is 23.0 Å². The molecule has 1 aromatic heterocycles. The molecule has 1 aromatic carbocycles. The summed E-state index contributed by atoms with van der Waals surface area (Å²) in [6, 6.07) is 8.67. The first-order chi connectivity index (χ1) is 16.3. The van der Waals surface area contributed by atoms with Crippen LogP contribution in [0.5, 0.6) is 0 Å². The Morgan fingerprint density at radius 1 is 1.18 bits per heavy atom. The van der Waals surface area contributed by atoms with Gasteiger partial charge in [-0.1, -0.05) is 12.2 Å². The van der Waals surface area contributed by atoms with Crippen LogP contribution in [0.3, 0.4) is 0 Å². The second kappa shape index (κ2) is 10.8. The number of sulfonamides is 1. The van der Waals surface area contributed by atoms with E-state index in [1.165, 1.54) is 0 Å². The number of halogens is 1. The van der Waals surface area contributed by atoms with Crippen molar-refractivity contribution in [1.82, 2.24) is 4.98 Å². The number of pyridine rings is 1. The minimum Gasteiger partial charge on any atom is -0.371 e. The van der Waals surface area contributed by atoms with Crippen LogP contribution in [0, 0.1) is 5.92 Å². The third-order valence-electron chi connectivity index (χ3n) is 6.18. The number of piperidine rings is 1. The van der Waals surface area contributed by atoms with Gasteiger partial charge in [0.25, 0.3) is 5.91 Å². The fourth-order valence-corrected chi connectivity index (χ4v) is 5.20. The molecule has 34 heavy (non-hydrogen) atoms. The molecule has 0 aliphatic carbocycles. The van der Waals surface area contributed by atoms with E-state index in [4.69, 9.17) is 0 Å². The molecule has 1 saturated heterocycles. The summed E-state index contributed by atoms with van der Waals surface area (Å²) in [5.74, 6) is 1.41. The highest BCUT2D eigenvalue weighted by Crippen LogP contribution is 2.32. The number of anilines is 4. The van der Waals surface area contributed by atoms with E-state index in [9.17, 15) is 13.2 Å². The Hall–Kier alpha value is -2.59. The zero-order valence-corrected chi connectivity index (χ0v) is 21.6. The maximum Gasteiger partial charge on any atom is 0.258 e. The van der Waals surface area contributed by atoms with Gasteiger partial charge in [0.05, 0.1) is 27.2 Å². The van der Waals surface area contributed by atoms with Crippen molar-refractivity contribution in [3.8, 4) is 0 Å². The zero-order chi connectivity index (χ0) is 24.1. The van der Waals surface area contributed by atoms with Crippen LogP contribution < -0.4 is 20.3 Å². The summed E-state index contributed by atoms with van der Waals surface area (Å²) in [5.41, 5.74) is 1.67. The average Bonchev–Trinajstić information content (AvgIpc) is 2.83. The van der Waals surface area contributed by atoms with Gasteiger partial charge >= 0.3 is 0 Å². The van der Waals surface area contributed by atoms with E-state index in [-0.39, 0.29) is 11.7 Å². The molecule has 1 amide bonds. The monoisotopic (exact) mass is 547 g/mol. The summed E-state index contributed by atoms with van der Waals surface area (Å²) < 4.78 is 27.7. The Labute approximate surface area is 209 Å². The molecule has 1 fully saturated rings. The van der Waals surface area contributed by atoms with Gasteiger partial charge in [0, 0.05) is 19.6 Å². The summed E-state index contributed by atoms with van der Waals surface area (Å²) in [6.07, 6.45) is 8.43. The van der Waals surface area contributed by atoms with Gasteiger partial charge in [0.2, 0.25) is 10.0 Å². The molecule has 0 atom stereocenters. The predicted octanol–water partition coefficient (Wildman–Crippen LogP) is 4.84. The molecule has 0 saturated carbocycles. The van der Waals surface area contributed by atoms with Gasteiger partial charge in [-0.3, -0.25) is 9.52 Å². The van der Waals surface area contributed by atoms with E-state index in [2.05, 4.69) is 53.3 Å². The number of carbonyl (C=O) groups excluding carboxylic acids is 1. The first-order valence-corrected chi connectivity index (χ1v) is 14.1. The Balaban J connectivity index is 1.70. The third-order valence-corrected chi connectivity index (χ3v) is 8.12. The summed E-state index contributed by atoms with van der Waals surface area (Å²) >= 11 is 3.51.